The van der Waals surface area contributed by atoms with Crippen LogP contribution >= 0.6 is 0 Å². The first-order valence-corrected chi connectivity index (χ1v) is 7.16. The Labute approximate surface area is 100 Å². The molecule has 0 amide bonds. The van der Waals surface area contributed by atoms with Crippen molar-refractivity contribution in [2.24, 2.45) is 11.8 Å². The van der Waals surface area contributed by atoms with Gasteiger partial charge in [-0.05, 0) is 51.1 Å². The third-order valence-electron chi connectivity index (χ3n) is 4.41. The molecule has 3 atom stereocenters. The quantitative estimate of drug-likeness (QED) is 0.750. The summed E-state index contributed by atoms with van der Waals surface area (Å²) >= 11 is 0. The van der Waals surface area contributed by atoms with Gasteiger partial charge in [0.2, 0.25) is 0 Å². The van der Waals surface area contributed by atoms with Crippen LogP contribution in [0.15, 0.2) is 0 Å². The highest BCUT2D eigenvalue weighted by Gasteiger charge is 2.26. The summed E-state index contributed by atoms with van der Waals surface area (Å²) in [6.07, 6.45) is 11.7. The van der Waals surface area contributed by atoms with Crippen LogP contribution < -0.4 is 5.32 Å². The first-order chi connectivity index (χ1) is 7.90. The second kappa shape index (κ2) is 6.61. The van der Waals surface area contributed by atoms with Gasteiger partial charge in [0.25, 0.3) is 0 Å². The molecule has 2 rings (SSSR count). The third kappa shape index (κ3) is 3.46. The molecular formula is C14H27NO. The highest BCUT2D eigenvalue weighted by molar-refractivity contribution is 4.79. The summed E-state index contributed by atoms with van der Waals surface area (Å²) in [5, 5.41) is 3.35. The lowest BCUT2D eigenvalue weighted by atomic mass is 9.90. The molecule has 16 heavy (non-hydrogen) atoms. The number of ether oxygens (including phenoxy) is 1. The molecule has 1 aliphatic heterocycles. The van der Waals surface area contributed by atoms with Crippen LogP contribution in [0.25, 0.3) is 0 Å². The normalized spacial score (nSPS) is 34.7. The average Bonchev–Trinajstić information content (AvgIpc) is 2.91. The Kier molecular flexibility index (Phi) is 5.11. The predicted octanol–water partition coefficient (Wildman–Crippen LogP) is 2.97. The summed E-state index contributed by atoms with van der Waals surface area (Å²) in [6.45, 7) is 2.24. The zero-order valence-electron chi connectivity index (χ0n) is 10.7. The fourth-order valence-electron chi connectivity index (χ4n) is 3.50. The fraction of sp³-hybridized carbons (Fsp3) is 1.00. The first-order valence-electron chi connectivity index (χ1n) is 7.16. The van der Waals surface area contributed by atoms with E-state index in [4.69, 9.17) is 4.74 Å². The summed E-state index contributed by atoms with van der Waals surface area (Å²) in [7, 11) is 2.09. The Morgan fingerprint density at radius 2 is 1.94 bits per heavy atom. The van der Waals surface area contributed by atoms with Crippen LogP contribution in [0.3, 0.4) is 0 Å². The van der Waals surface area contributed by atoms with E-state index in [1.807, 2.05) is 0 Å². The molecular weight excluding hydrogens is 198 g/mol. The summed E-state index contributed by atoms with van der Waals surface area (Å²) in [6, 6.07) is 0. The molecule has 0 spiro atoms. The van der Waals surface area contributed by atoms with E-state index < -0.39 is 0 Å². The van der Waals surface area contributed by atoms with Crippen LogP contribution in [-0.2, 0) is 4.74 Å². The Morgan fingerprint density at radius 3 is 2.69 bits per heavy atom. The monoisotopic (exact) mass is 225 g/mol. The van der Waals surface area contributed by atoms with Crippen molar-refractivity contribution in [3.05, 3.63) is 0 Å². The first kappa shape index (κ1) is 12.4. The largest absolute Gasteiger partial charge is 0.378 e. The van der Waals surface area contributed by atoms with E-state index in [9.17, 15) is 0 Å². The lowest BCUT2D eigenvalue weighted by molar-refractivity contribution is 0.1000. The number of rotatable bonds is 6. The molecule has 0 aromatic carbocycles. The molecule has 2 heteroatoms. The molecule has 0 radical (unpaired) electrons. The van der Waals surface area contributed by atoms with Gasteiger partial charge < -0.3 is 10.1 Å². The van der Waals surface area contributed by atoms with E-state index in [2.05, 4.69) is 12.4 Å². The van der Waals surface area contributed by atoms with Crippen LogP contribution in [0.4, 0.5) is 0 Å². The second-order valence-electron chi connectivity index (χ2n) is 5.57. The van der Waals surface area contributed by atoms with E-state index in [1.165, 1.54) is 57.9 Å². The SMILES string of the molecule is CNCC1CCCC1CCCC1CCCO1. The summed E-state index contributed by atoms with van der Waals surface area (Å²) in [4.78, 5) is 0. The molecule has 3 unspecified atom stereocenters. The molecule has 1 saturated carbocycles. The maximum absolute atomic E-state index is 5.68. The number of hydrogen-bond acceptors (Lipinski definition) is 2. The Bertz CT molecular complexity index is 189. The smallest absolute Gasteiger partial charge is 0.0576 e. The van der Waals surface area contributed by atoms with Gasteiger partial charge in [0.05, 0.1) is 6.10 Å². The molecule has 1 saturated heterocycles. The van der Waals surface area contributed by atoms with Gasteiger partial charge in [-0.1, -0.05) is 25.7 Å². The van der Waals surface area contributed by atoms with E-state index in [0.717, 1.165) is 18.4 Å². The Morgan fingerprint density at radius 1 is 1.06 bits per heavy atom. The Hall–Kier alpha value is -0.0800. The highest BCUT2D eigenvalue weighted by Crippen LogP contribution is 2.35. The lowest BCUT2D eigenvalue weighted by Gasteiger charge is -2.19. The van der Waals surface area contributed by atoms with Crippen molar-refractivity contribution in [3.63, 3.8) is 0 Å². The van der Waals surface area contributed by atoms with Crippen LogP contribution in [0.5, 0.6) is 0 Å². The summed E-state index contributed by atoms with van der Waals surface area (Å²) < 4.78 is 5.68. The van der Waals surface area contributed by atoms with Gasteiger partial charge in [-0.15, -0.1) is 0 Å². The van der Waals surface area contributed by atoms with E-state index in [0.29, 0.717) is 6.10 Å². The van der Waals surface area contributed by atoms with E-state index in [1.54, 1.807) is 0 Å². The molecule has 2 fully saturated rings. The van der Waals surface area contributed by atoms with Gasteiger partial charge in [-0.25, -0.2) is 0 Å². The molecule has 0 aromatic rings. The molecule has 94 valence electrons. The van der Waals surface area contributed by atoms with E-state index in [-0.39, 0.29) is 0 Å². The topological polar surface area (TPSA) is 21.3 Å². The third-order valence-corrected chi connectivity index (χ3v) is 4.41. The lowest BCUT2D eigenvalue weighted by Crippen LogP contribution is -2.22. The van der Waals surface area contributed by atoms with Crippen molar-refractivity contribution >= 4 is 0 Å². The zero-order valence-corrected chi connectivity index (χ0v) is 10.7. The van der Waals surface area contributed by atoms with Crippen LogP contribution in [0, 0.1) is 11.8 Å². The molecule has 2 aliphatic rings. The van der Waals surface area contributed by atoms with Gasteiger partial charge in [-0.2, -0.15) is 0 Å². The molecule has 0 aromatic heterocycles. The fourth-order valence-corrected chi connectivity index (χ4v) is 3.50. The van der Waals surface area contributed by atoms with Crippen molar-refractivity contribution in [3.8, 4) is 0 Å². The number of hydrogen-bond donors (Lipinski definition) is 1. The van der Waals surface area contributed by atoms with Crippen molar-refractivity contribution in [1.82, 2.24) is 5.32 Å². The zero-order chi connectivity index (χ0) is 11.2. The second-order valence-corrected chi connectivity index (χ2v) is 5.57. The van der Waals surface area contributed by atoms with Crippen molar-refractivity contribution in [2.75, 3.05) is 20.2 Å². The van der Waals surface area contributed by atoms with Crippen LogP contribution in [-0.4, -0.2) is 26.3 Å². The summed E-state index contributed by atoms with van der Waals surface area (Å²) in [5.74, 6) is 1.95. The van der Waals surface area contributed by atoms with Gasteiger partial charge in [-0.3, -0.25) is 0 Å². The van der Waals surface area contributed by atoms with Gasteiger partial charge in [0.1, 0.15) is 0 Å². The maximum atomic E-state index is 5.68. The van der Waals surface area contributed by atoms with Gasteiger partial charge in [0.15, 0.2) is 0 Å². The van der Waals surface area contributed by atoms with Crippen LogP contribution in [0.1, 0.15) is 51.4 Å². The summed E-state index contributed by atoms with van der Waals surface area (Å²) in [5.41, 5.74) is 0. The minimum atomic E-state index is 0.601. The minimum absolute atomic E-state index is 0.601. The average molecular weight is 225 g/mol. The molecule has 1 N–H and O–H groups in total. The van der Waals surface area contributed by atoms with Crippen molar-refractivity contribution in [2.45, 2.75) is 57.5 Å². The van der Waals surface area contributed by atoms with E-state index >= 15 is 0 Å². The minimum Gasteiger partial charge on any atom is -0.378 e. The number of nitrogens with one attached hydrogen (secondary N) is 1. The van der Waals surface area contributed by atoms with Crippen molar-refractivity contribution < 1.29 is 4.74 Å². The molecule has 1 aliphatic carbocycles. The van der Waals surface area contributed by atoms with Crippen molar-refractivity contribution in [1.29, 1.82) is 0 Å². The Balaban J connectivity index is 1.60. The molecule has 2 nitrogen and oxygen atoms in total. The van der Waals surface area contributed by atoms with Gasteiger partial charge in [0, 0.05) is 6.61 Å². The standard InChI is InChI=1S/C14H27NO/c1-15-11-13-7-2-5-12(13)6-3-8-14-9-4-10-16-14/h12-15H,2-11H2,1H3. The molecule has 0 bridgehead atoms. The highest BCUT2D eigenvalue weighted by atomic mass is 16.5. The molecule has 1 heterocycles. The maximum Gasteiger partial charge on any atom is 0.0576 e. The predicted molar refractivity (Wildman–Crippen MR) is 67.6 cm³/mol. The van der Waals surface area contributed by atoms with Gasteiger partial charge >= 0.3 is 0 Å². The van der Waals surface area contributed by atoms with Crippen LogP contribution in [0.2, 0.25) is 0 Å².